The standard InChI is InChI=1S/C15H24N2OS/c1-18-19-14-6-12-17(13-10-16)11-5-9-15-7-3-2-4-8-15/h2-5,7-9H,6,10-14,16H2,1H3/b9-5+. The molecular formula is C15H24N2OS. The van der Waals surface area contributed by atoms with Gasteiger partial charge < -0.3 is 9.92 Å². The second-order valence-corrected chi connectivity index (χ2v) is 5.22. The molecule has 1 aromatic carbocycles. The first kappa shape index (κ1) is 16.2. The molecule has 0 aliphatic rings. The normalized spacial score (nSPS) is 11.5. The molecule has 0 saturated carbocycles. The summed E-state index contributed by atoms with van der Waals surface area (Å²) in [7, 11) is 1.71. The summed E-state index contributed by atoms with van der Waals surface area (Å²) in [6.45, 7) is 3.66. The molecule has 1 rings (SSSR count). The van der Waals surface area contributed by atoms with E-state index in [0.717, 1.165) is 31.8 Å². The van der Waals surface area contributed by atoms with E-state index in [4.69, 9.17) is 9.92 Å². The van der Waals surface area contributed by atoms with E-state index in [1.54, 1.807) is 7.11 Å². The maximum atomic E-state index is 5.65. The molecule has 4 heteroatoms. The van der Waals surface area contributed by atoms with Crippen LogP contribution in [0, 0.1) is 0 Å². The molecule has 0 fully saturated rings. The van der Waals surface area contributed by atoms with E-state index in [-0.39, 0.29) is 0 Å². The summed E-state index contributed by atoms with van der Waals surface area (Å²) < 4.78 is 4.98. The molecule has 3 nitrogen and oxygen atoms in total. The number of benzene rings is 1. The largest absolute Gasteiger partial charge is 0.329 e. The fraction of sp³-hybridized carbons (Fsp3) is 0.467. The van der Waals surface area contributed by atoms with Gasteiger partial charge in [0.15, 0.2) is 0 Å². The molecule has 19 heavy (non-hydrogen) atoms. The third-order valence-corrected chi connectivity index (χ3v) is 3.43. The molecule has 106 valence electrons. The van der Waals surface area contributed by atoms with Crippen molar-refractivity contribution < 1.29 is 4.18 Å². The summed E-state index contributed by atoms with van der Waals surface area (Å²) in [5.74, 6) is 1.03. The highest BCUT2D eigenvalue weighted by atomic mass is 32.2. The van der Waals surface area contributed by atoms with Gasteiger partial charge in [-0.1, -0.05) is 42.5 Å². The van der Waals surface area contributed by atoms with Crippen molar-refractivity contribution in [3.8, 4) is 0 Å². The molecule has 0 spiro atoms. The Balaban J connectivity index is 2.30. The number of rotatable bonds is 10. The number of nitrogens with two attached hydrogens (primary N) is 1. The van der Waals surface area contributed by atoms with E-state index < -0.39 is 0 Å². The van der Waals surface area contributed by atoms with Gasteiger partial charge in [-0.2, -0.15) is 0 Å². The van der Waals surface area contributed by atoms with Gasteiger partial charge in [-0.25, -0.2) is 0 Å². The van der Waals surface area contributed by atoms with Crippen molar-refractivity contribution in [1.29, 1.82) is 0 Å². The molecule has 0 atom stereocenters. The zero-order valence-electron chi connectivity index (χ0n) is 11.6. The average Bonchev–Trinajstić information content (AvgIpc) is 2.44. The monoisotopic (exact) mass is 280 g/mol. The summed E-state index contributed by atoms with van der Waals surface area (Å²) in [6.07, 6.45) is 5.49. The highest BCUT2D eigenvalue weighted by molar-refractivity contribution is 7.94. The smallest absolute Gasteiger partial charge is 0.0503 e. The Kier molecular flexibility index (Phi) is 9.45. The van der Waals surface area contributed by atoms with Crippen LogP contribution in [0.2, 0.25) is 0 Å². The number of hydrogen-bond acceptors (Lipinski definition) is 4. The second-order valence-electron chi connectivity index (χ2n) is 4.24. The van der Waals surface area contributed by atoms with Crippen LogP contribution in [0.3, 0.4) is 0 Å². The van der Waals surface area contributed by atoms with E-state index in [1.165, 1.54) is 17.6 Å². The minimum Gasteiger partial charge on any atom is -0.329 e. The molecule has 0 aliphatic carbocycles. The average molecular weight is 280 g/mol. The molecule has 0 unspecified atom stereocenters. The first-order chi connectivity index (χ1) is 9.36. The molecule has 0 aliphatic heterocycles. The van der Waals surface area contributed by atoms with Crippen molar-refractivity contribution in [2.75, 3.05) is 39.0 Å². The minimum atomic E-state index is 0.705. The third kappa shape index (κ3) is 8.06. The van der Waals surface area contributed by atoms with E-state index in [1.807, 2.05) is 6.07 Å². The zero-order chi connectivity index (χ0) is 13.8. The van der Waals surface area contributed by atoms with Crippen LogP contribution in [0.4, 0.5) is 0 Å². The molecule has 1 aromatic rings. The van der Waals surface area contributed by atoms with Crippen LogP contribution >= 0.6 is 12.0 Å². The van der Waals surface area contributed by atoms with Crippen molar-refractivity contribution in [3.05, 3.63) is 42.0 Å². The Bertz CT molecular complexity index is 343. The van der Waals surface area contributed by atoms with Crippen LogP contribution in [-0.4, -0.2) is 43.9 Å². The van der Waals surface area contributed by atoms with Crippen LogP contribution in [-0.2, 0) is 4.18 Å². The molecule has 0 bridgehead atoms. The molecule has 2 N–H and O–H groups in total. The van der Waals surface area contributed by atoms with Gasteiger partial charge in [-0.3, -0.25) is 4.90 Å². The predicted octanol–water partition coefficient (Wildman–Crippen LogP) is 2.65. The van der Waals surface area contributed by atoms with Gasteiger partial charge in [0.25, 0.3) is 0 Å². The summed E-state index contributed by atoms with van der Waals surface area (Å²) in [5.41, 5.74) is 6.89. The number of nitrogens with zero attached hydrogens (tertiary/aromatic N) is 1. The lowest BCUT2D eigenvalue weighted by atomic mass is 10.2. The van der Waals surface area contributed by atoms with Gasteiger partial charge in [0.05, 0.1) is 7.11 Å². The molecule has 0 saturated heterocycles. The highest BCUT2D eigenvalue weighted by Gasteiger charge is 2.01. The molecular weight excluding hydrogens is 256 g/mol. The van der Waals surface area contributed by atoms with Gasteiger partial charge in [-0.05, 0) is 30.6 Å². The summed E-state index contributed by atoms with van der Waals surface area (Å²) >= 11 is 1.51. The predicted molar refractivity (Wildman–Crippen MR) is 85.1 cm³/mol. The van der Waals surface area contributed by atoms with Crippen molar-refractivity contribution in [2.45, 2.75) is 6.42 Å². The van der Waals surface area contributed by atoms with Gasteiger partial charge in [-0.15, -0.1) is 0 Å². The lowest BCUT2D eigenvalue weighted by Crippen LogP contribution is -2.30. The fourth-order valence-electron chi connectivity index (χ4n) is 1.81. The van der Waals surface area contributed by atoms with E-state index >= 15 is 0 Å². The SMILES string of the molecule is COSCCCN(C/C=C/c1ccccc1)CCN. The maximum Gasteiger partial charge on any atom is 0.0503 e. The quantitative estimate of drug-likeness (QED) is 0.528. The zero-order valence-corrected chi connectivity index (χ0v) is 12.4. The van der Waals surface area contributed by atoms with Gasteiger partial charge in [0.2, 0.25) is 0 Å². The van der Waals surface area contributed by atoms with Crippen LogP contribution < -0.4 is 5.73 Å². The summed E-state index contributed by atoms with van der Waals surface area (Å²) in [6, 6.07) is 10.4. The Morgan fingerprint density at radius 2 is 2.05 bits per heavy atom. The number of hydrogen-bond donors (Lipinski definition) is 1. The maximum absolute atomic E-state index is 5.65. The molecule has 0 radical (unpaired) electrons. The van der Waals surface area contributed by atoms with Crippen LogP contribution in [0.5, 0.6) is 0 Å². The van der Waals surface area contributed by atoms with Gasteiger partial charge in [0, 0.05) is 25.4 Å². The lowest BCUT2D eigenvalue weighted by molar-refractivity contribution is 0.312. The molecule has 0 heterocycles. The van der Waals surface area contributed by atoms with Crippen LogP contribution in [0.1, 0.15) is 12.0 Å². The second kappa shape index (κ2) is 11.1. The van der Waals surface area contributed by atoms with Crippen LogP contribution in [0.25, 0.3) is 6.08 Å². The molecule has 0 amide bonds. The summed E-state index contributed by atoms with van der Waals surface area (Å²) in [5, 5.41) is 0. The van der Waals surface area contributed by atoms with E-state index in [9.17, 15) is 0 Å². The third-order valence-electron chi connectivity index (χ3n) is 2.74. The van der Waals surface area contributed by atoms with Crippen molar-refractivity contribution in [1.82, 2.24) is 4.90 Å². The first-order valence-electron chi connectivity index (χ1n) is 6.66. The van der Waals surface area contributed by atoms with Crippen molar-refractivity contribution >= 4 is 18.1 Å². The van der Waals surface area contributed by atoms with Gasteiger partial charge in [0.1, 0.15) is 0 Å². The van der Waals surface area contributed by atoms with E-state index in [2.05, 4.69) is 41.3 Å². The highest BCUT2D eigenvalue weighted by Crippen LogP contribution is 2.04. The fourth-order valence-corrected chi connectivity index (χ4v) is 2.22. The topological polar surface area (TPSA) is 38.5 Å². The van der Waals surface area contributed by atoms with E-state index in [0.29, 0.717) is 6.54 Å². The summed E-state index contributed by atoms with van der Waals surface area (Å²) in [4.78, 5) is 2.37. The van der Waals surface area contributed by atoms with Crippen molar-refractivity contribution in [2.24, 2.45) is 5.73 Å². The Hall–Kier alpha value is -0.810. The molecule has 0 aromatic heterocycles. The Morgan fingerprint density at radius 3 is 2.74 bits per heavy atom. The van der Waals surface area contributed by atoms with Crippen LogP contribution in [0.15, 0.2) is 36.4 Å². The lowest BCUT2D eigenvalue weighted by Gasteiger charge is -2.19. The first-order valence-corrected chi connectivity index (χ1v) is 7.57. The van der Waals surface area contributed by atoms with Gasteiger partial charge >= 0.3 is 0 Å². The van der Waals surface area contributed by atoms with Crippen molar-refractivity contribution in [3.63, 3.8) is 0 Å². The Labute approximate surface area is 121 Å². The Morgan fingerprint density at radius 1 is 1.26 bits per heavy atom. The minimum absolute atomic E-state index is 0.705.